The van der Waals surface area contributed by atoms with E-state index in [2.05, 4.69) is 4.98 Å². The summed E-state index contributed by atoms with van der Waals surface area (Å²) >= 11 is 0. The third-order valence-electron chi connectivity index (χ3n) is 2.69. The van der Waals surface area contributed by atoms with Crippen molar-refractivity contribution in [1.82, 2.24) is 4.98 Å². The smallest absolute Gasteiger partial charge is 0.341 e. The van der Waals surface area contributed by atoms with Crippen molar-refractivity contribution in [2.45, 2.75) is 0 Å². The van der Waals surface area contributed by atoms with Gasteiger partial charge in [0.25, 0.3) is 0 Å². The third-order valence-corrected chi connectivity index (χ3v) is 2.69. The van der Waals surface area contributed by atoms with Gasteiger partial charge in [0.2, 0.25) is 0 Å². The Labute approximate surface area is 126 Å². The van der Waals surface area contributed by atoms with Gasteiger partial charge in [-0.2, -0.15) is 0 Å². The highest BCUT2D eigenvalue weighted by Crippen LogP contribution is 2.24. The van der Waals surface area contributed by atoms with Crippen LogP contribution in [0.1, 0.15) is 16.1 Å². The minimum absolute atomic E-state index is 0.0925. The zero-order valence-electron chi connectivity index (χ0n) is 11.5. The van der Waals surface area contributed by atoms with Gasteiger partial charge in [0.15, 0.2) is 12.4 Å². The van der Waals surface area contributed by atoms with Gasteiger partial charge in [-0.3, -0.25) is 9.78 Å². The quantitative estimate of drug-likeness (QED) is 0.626. The van der Waals surface area contributed by atoms with E-state index in [1.807, 2.05) is 0 Å². The van der Waals surface area contributed by atoms with E-state index in [9.17, 15) is 14.7 Å². The van der Waals surface area contributed by atoms with Crippen LogP contribution >= 0.6 is 0 Å². The predicted octanol–water partition coefficient (Wildman–Crippen LogP) is 2.15. The van der Waals surface area contributed by atoms with Crippen molar-refractivity contribution in [3.8, 4) is 11.5 Å². The van der Waals surface area contributed by atoms with Crippen molar-refractivity contribution < 1.29 is 24.5 Å². The number of benzene rings is 1. The largest absolute Gasteiger partial charge is 0.507 e. The number of phenolic OH excluding ortho intramolecular Hbond substituents is 1. The van der Waals surface area contributed by atoms with Crippen LogP contribution in [0, 0.1) is 0 Å². The molecule has 1 aromatic carbocycles. The average Bonchev–Trinajstić information content (AvgIpc) is 2.51. The van der Waals surface area contributed by atoms with Crippen LogP contribution in [0.2, 0.25) is 0 Å². The molecule has 0 atom stereocenters. The standard InChI is InChI=1S/C16H13NO5/c18-14(7-4-11-3-1-2-8-17-11)13-6-5-12(9-15(13)19)22-10-16(20)21/h1-9,19H,10H2,(H,20,21)/b7-4+. The van der Waals surface area contributed by atoms with E-state index in [1.165, 1.54) is 30.4 Å². The van der Waals surface area contributed by atoms with E-state index in [0.29, 0.717) is 5.69 Å². The van der Waals surface area contributed by atoms with Crippen LogP contribution in [0.15, 0.2) is 48.7 Å². The number of ketones is 1. The first-order valence-electron chi connectivity index (χ1n) is 6.37. The molecule has 0 amide bonds. The Morgan fingerprint density at radius 2 is 2.05 bits per heavy atom. The fourth-order valence-corrected chi connectivity index (χ4v) is 1.68. The minimum Gasteiger partial charge on any atom is -0.507 e. The number of aromatic nitrogens is 1. The zero-order chi connectivity index (χ0) is 15.9. The van der Waals surface area contributed by atoms with Crippen LogP contribution in [0.4, 0.5) is 0 Å². The fraction of sp³-hybridized carbons (Fsp3) is 0.0625. The number of hydrogen-bond acceptors (Lipinski definition) is 5. The van der Waals surface area contributed by atoms with Crippen molar-refractivity contribution in [1.29, 1.82) is 0 Å². The number of carbonyl (C=O) groups excluding carboxylic acids is 1. The molecule has 0 aliphatic heterocycles. The molecule has 0 saturated heterocycles. The number of aromatic hydroxyl groups is 1. The number of rotatable bonds is 6. The highest BCUT2D eigenvalue weighted by atomic mass is 16.5. The first-order valence-corrected chi connectivity index (χ1v) is 6.37. The van der Waals surface area contributed by atoms with E-state index in [1.54, 1.807) is 24.4 Å². The summed E-state index contributed by atoms with van der Waals surface area (Å²) in [5, 5.41) is 18.3. The molecule has 1 heterocycles. The van der Waals surface area contributed by atoms with Gasteiger partial charge in [0.1, 0.15) is 11.5 Å². The highest BCUT2D eigenvalue weighted by Gasteiger charge is 2.10. The Morgan fingerprint density at radius 3 is 2.68 bits per heavy atom. The summed E-state index contributed by atoms with van der Waals surface area (Å²) in [5.41, 5.74) is 0.714. The number of aliphatic carboxylic acids is 1. The van der Waals surface area contributed by atoms with Crippen LogP contribution in [-0.2, 0) is 4.79 Å². The normalized spacial score (nSPS) is 10.5. The molecule has 112 valence electrons. The van der Waals surface area contributed by atoms with Crippen LogP contribution in [0.5, 0.6) is 11.5 Å². The molecule has 0 bridgehead atoms. The summed E-state index contributed by atoms with van der Waals surface area (Å²) in [6.45, 7) is -0.522. The zero-order valence-corrected chi connectivity index (χ0v) is 11.5. The van der Waals surface area contributed by atoms with Crippen molar-refractivity contribution in [3.63, 3.8) is 0 Å². The molecule has 0 radical (unpaired) electrons. The van der Waals surface area contributed by atoms with E-state index >= 15 is 0 Å². The highest BCUT2D eigenvalue weighted by molar-refractivity contribution is 6.08. The Hall–Kier alpha value is -3.15. The monoisotopic (exact) mass is 299 g/mol. The molecule has 2 N–H and O–H groups in total. The van der Waals surface area contributed by atoms with Crippen molar-refractivity contribution in [2.24, 2.45) is 0 Å². The topological polar surface area (TPSA) is 96.7 Å². The molecule has 2 aromatic rings. The van der Waals surface area contributed by atoms with Crippen molar-refractivity contribution >= 4 is 17.8 Å². The first kappa shape index (κ1) is 15.2. The van der Waals surface area contributed by atoms with Crippen LogP contribution in [0.25, 0.3) is 6.08 Å². The second-order valence-electron chi connectivity index (χ2n) is 4.31. The van der Waals surface area contributed by atoms with Gasteiger partial charge in [0, 0.05) is 12.3 Å². The molecule has 0 unspecified atom stereocenters. The Balaban J connectivity index is 2.10. The third kappa shape index (κ3) is 4.17. The second-order valence-corrected chi connectivity index (χ2v) is 4.31. The number of phenols is 1. The molecule has 0 fully saturated rings. The lowest BCUT2D eigenvalue weighted by Crippen LogP contribution is -2.09. The molecular weight excluding hydrogens is 286 g/mol. The van der Waals surface area contributed by atoms with Gasteiger partial charge in [-0.1, -0.05) is 6.07 Å². The lowest BCUT2D eigenvalue weighted by Gasteiger charge is -2.06. The molecule has 0 aliphatic rings. The van der Waals surface area contributed by atoms with Gasteiger partial charge in [-0.15, -0.1) is 0 Å². The Morgan fingerprint density at radius 1 is 1.23 bits per heavy atom. The number of carboxylic acid groups (broad SMARTS) is 1. The summed E-state index contributed by atoms with van der Waals surface area (Å²) in [6, 6.07) is 9.30. The molecule has 0 spiro atoms. The Bertz CT molecular complexity index is 710. The van der Waals surface area contributed by atoms with Crippen LogP contribution in [0.3, 0.4) is 0 Å². The summed E-state index contributed by atoms with van der Waals surface area (Å²) < 4.78 is 4.91. The molecule has 6 nitrogen and oxygen atoms in total. The minimum atomic E-state index is -1.13. The van der Waals surface area contributed by atoms with Crippen molar-refractivity contribution in [3.05, 3.63) is 59.9 Å². The molecule has 6 heteroatoms. The lowest BCUT2D eigenvalue weighted by atomic mass is 10.1. The number of nitrogens with zero attached hydrogens (tertiary/aromatic N) is 1. The van der Waals surface area contributed by atoms with E-state index in [0.717, 1.165) is 0 Å². The molecule has 0 saturated carbocycles. The van der Waals surface area contributed by atoms with E-state index in [4.69, 9.17) is 9.84 Å². The second kappa shape index (κ2) is 7.03. The van der Waals surface area contributed by atoms with E-state index in [-0.39, 0.29) is 17.1 Å². The summed E-state index contributed by atoms with van der Waals surface area (Å²) in [7, 11) is 0. The number of carboxylic acids is 1. The maximum Gasteiger partial charge on any atom is 0.341 e. The summed E-state index contributed by atoms with van der Waals surface area (Å²) in [6.07, 6.45) is 4.45. The van der Waals surface area contributed by atoms with Crippen LogP contribution < -0.4 is 4.74 Å². The SMILES string of the molecule is O=C(O)COc1ccc(C(=O)/C=C/c2ccccn2)c(O)c1. The number of ether oxygens (including phenoxy) is 1. The number of pyridine rings is 1. The molecular formula is C16H13NO5. The number of carbonyl (C=O) groups is 2. The molecule has 0 aliphatic carbocycles. The maximum absolute atomic E-state index is 12.0. The molecule has 1 aromatic heterocycles. The van der Waals surface area contributed by atoms with Crippen LogP contribution in [-0.4, -0.2) is 33.6 Å². The number of allylic oxidation sites excluding steroid dienone is 1. The molecule has 22 heavy (non-hydrogen) atoms. The van der Waals surface area contributed by atoms with Gasteiger partial charge in [0.05, 0.1) is 11.3 Å². The predicted molar refractivity (Wildman–Crippen MR) is 78.8 cm³/mol. The maximum atomic E-state index is 12.0. The Kier molecular flexibility index (Phi) is 4.87. The van der Waals surface area contributed by atoms with Gasteiger partial charge < -0.3 is 14.9 Å². The first-order chi connectivity index (χ1) is 10.6. The fourth-order valence-electron chi connectivity index (χ4n) is 1.68. The summed E-state index contributed by atoms with van der Waals surface area (Å²) in [4.78, 5) is 26.4. The van der Waals surface area contributed by atoms with Gasteiger partial charge >= 0.3 is 5.97 Å². The van der Waals surface area contributed by atoms with E-state index < -0.39 is 18.4 Å². The summed E-state index contributed by atoms with van der Waals surface area (Å²) in [5.74, 6) is -1.63. The number of hydrogen-bond donors (Lipinski definition) is 2. The average molecular weight is 299 g/mol. The molecule has 2 rings (SSSR count). The lowest BCUT2D eigenvalue weighted by molar-refractivity contribution is -0.139. The van der Waals surface area contributed by atoms with Gasteiger partial charge in [-0.05, 0) is 36.4 Å². The van der Waals surface area contributed by atoms with Gasteiger partial charge in [-0.25, -0.2) is 4.79 Å². The van der Waals surface area contributed by atoms with Crippen molar-refractivity contribution in [2.75, 3.05) is 6.61 Å².